The fraction of sp³-hybridized carbons (Fsp3) is 0.556. The van der Waals surface area contributed by atoms with Crippen LogP contribution in [0, 0.1) is 0 Å². The molecule has 0 fully saturated rings. The lowest BCUT2D eigenvalue weighted by Crippen LogP contribution is -2.47. The fourth-order valence-electron chi connectivity index (χ4n) is 1.52. The summed E-state index contributed by atoms with van der Waals surface area (Å²) in [6.07, 6.45) is 2.07. The minimum Gasteiger partial charge on any atom is -0.412 e. The Kier molecular flexibility index (Phi) is 2.75. The maximum Gasteiger partial charge on any atom is 0.234 e. The van der Waals surface area contributed by atoms with Crippen molar-refractivity contribution >= 4 is 13.6 Å². The zero-order valence-electron chi connectivity index (χ0n) is 8.29. The van der Waals surface area contributed by atoms with E-state index in [9.17, 15) is 0 Å². The van der Waals surface area contributed by atoms with E-state index in [2.05, 4.69) is 50.0 Å². The highest BCUT2D eigenvalue weighted by molar-refractivity contribution is 6.83. The number of hydrogen-bond donors (Lipinski definition) is 0. The molecule has 1 rings (SSSR count). The second-order valence-electron chi connectivity index (χ2n) is 3.45. The van der Waals surface area contributed by atoms with Crippen LogP contribution in [0.2, 0.25) is 13.1 Å². The van der Waals surface area contributed by atoms with Gasteiger partial charge in [0.2, 0.25) is 8.32 Å². The van der Waals surface area contributed by atoms with Crippen LogP contribution < -0.4 is 5.32 Å². The molecule has 0 N–H and O–H groups in total. The predicted octanol–water partition coefficient (Wildman–Crippen LogP) is 1.47. The van der Waals surface area contributed by atoms with Crippen molar-refractivity contribution < 1.29 is 4.43 Å². The van der Waals surface area contributed by atoms with Gasteiger partial charge in [0.25, 0.3) is 0 Å². The maximum atomic E-state index is 5.77. The average Bonchev–Trinajstić information content (AvgIpc) is 2.35. The van der Waals surface area contributed by atoms with Crippen molar-refractivity contribution in [3.63, 3.8) is 0 Å². The monoisotopic (exact) mass is 183 g/mol. The molecule has 0 atom stereocenters. The number of aryl methyl sites for hydroxylation is 1. The van der Waals surface area contributed by atoms with Crippen LogP contribution in [0.25, 0.3) is 0 Å². The van der Waals surface area contributed by atoms with Crippen LogP contribution >= 0.6 is 0 Å². The molecule has 0 unspecified atom stereocenters. The molecule has 0 saturated carbocycles. The summed E-state index contributed by atoms with van der Waals surface area (Å²) >= 11 is 0. The smallest absolute Gasteiger partial charge is 0.234 e. The molecule has 0 aliphatic rings. The Morgan fingerprint density at radius 2 is 2.17 bits per heavy atom. The van der Waals surface area contributed by atoms with E-state index in [0.29, 0.717) is 0 Å². The van der Waals surface area contributed by atoms with Crippen LogP contribution in [0.15, 0.2) is 18.3 Å². The molecule has 0 bridgehead atoms. The Balaban J connectivity index is 2.88. The first-order valence-corrected chi connectivity index (χ1v) is 7.24. The quantitative estimate of drug-likeness (QED) is 0.647. The summed E-state index contributed by atoms with van der Waals surface area (Å²) in [5, 5.41) is 1.35. The van der Waals surface area contributed by atoms with Gasteiger partial charge in [-0.25, -0.2) is 0 Å². The third kappa shape index (κ3) is 1.79. The highest BCUT2D eigenvalue weighted by Crippen LogP contribution is 2.04. The van der Waals surface area contributed by atoms with Crippen molar-refractivity contribution in [1.29, 1.82) is 0 Å². The van der Waals surface area contributed by atoms with Gasteiger partial charge in [-0.3, -0.25) is 0 Å². The van der Waals surface area contributed by atoms with Gasteiger partial charge in [-0.15, -0.1) is 0 Å². The van der Waals surface area contributed by atoms with Gasteiger partial charge in [0, 0.05) is 25.2 Å². The van der Waals surface area contributed by atoms with Crippen LogP contribution in [0.3, 0.4) is 0 Å². The highest BCUT2D eigenvalue weighted by Gasteiger charge is 2.26. The minimum absolute atomic E-state index is 0.810. The van der Waals surface area contributed by atoms with Crippen molar-refractivity contribution in [2.24, 2.45) is 7.05 Å². The topological polar surface area (TPSA) is 14.2 Å². The summed E-state index contributed by atoms with van der Waals surface area (Å²) in [5.41, 5.74) is 0. The molecule has 1 heterocycles. The van der Waals surface area contributed by atoms with Crippen LogP contribution in [0.1, 0.15) is 6.92 Å². The second-order valence-corrected chi connectivity index (χ2v) is 7.27. The van der Waals surface area contributed by atoms with Gasteiger partial charge in [-0.2, -0.15) is 0 Å². The molecule has 0 radical (unpaired) electrons. The average molecular weight is 183 g/mol. The van der Waals surface area contributed by atoms with E-state index in [0.717, 1.165) is 6.61 Å². The Labute approximate surface area is 75.3 Å². The van der Waals surface area contributed by atoms with E-state index < -0.39 is 8.32 Å². The number of hydrogen-bond acceptors (Lipinski definition) is 1. The summed E-state index contributed by atoms with van der Waals surface area (Å²) in [5.74, 6) is 0. The molecule has 0 aliphatic carbocycles. The van der Waals surface area contributed by atoms with E-state index in [1.165, 1.54) is 5.32 Å². The third-order valence-corrected chi connectivity index (χ3v) is 4.83. The van der Waals surface area contributed by atoms with Gasteiger partial charge in [-0.1, -0.05) is 0 Å². The summed E-state index contributed by atoms with van der Waals surface area (Å²) < 4.78 is 7.93. The van der Waals surface area contributed by atoms with Crippen LogP contribution in [-0.2, 0) is 11.5 Å². The normalized spacial score (nSPS) is 12.0. The number of rotatable bonds is 3. The number of nitrogens with zero attached hydrogens (tertiary/aromatic N) is 1. The van der Waals surface area contributed by atoms with Crippen LogP contribution in [0.5, 0.6) is 0 Å². The zero-order valence-corrected chi connectivity index (χ0v) is 9.29. The Hall–Kier alpha value is -0.543. The van der Waals surface area contributed by atoms with E-state index in [-0.39, 0.29) is 0 Å². The van der Waals surface area contributed by atoms with Crippen molar-refractivity contribution in [2.45, 2.75) is 20.0 Å². The van der Waals surface area contributed by atoms with Gasteiger partial charge in [0.15, 0.2) is 0 Å². The molecule has 12 heavy (non-hydrogen) atoms. The molecule has 0 saturated heterocycles. The molecular weight excluding hydrogens is 166 g/mol. The summed E-state index contributed by atoms with van der Waals surface area (Å²) in [4.78, 5) is 0. The van der Waals surface area contributed by atoms with Crippen molar-refractivity contribution in [2.75, 3.05) is 6.61 Å². The highest BCUT2D eigenvalue weighted by atomic mass is 28.4. The third-order valence-electron chi connectivity index (χ3n) is 2.07. The van der Waals surface area contributed by atoms with Gasteiger partial charge in [0.1, 0.15) is 0 Å². The molecule has 3 heteroatoms. The van der Waals surface area contributed by atoms with Gasteiger partial charge >= 0.3 is 0 Å². The first-order valence-electron chi connectivity index (χ1n) is 4.33. The lowest BCUT2D eigenvalue weighted by molar-refractivity contribution is 0.337. The van der Waals surface area contributed by atoms with E-state index >= 15 is 0 Å². The van der Waals surface area contributed by atoms with Crippen molar-refractivity contribution in [3.05, 3.63) is 18.3 Å². The molecule has 0 amide bonds. The molecule has 68 valence electrons. The van der Waals surface area contributed by atoms with Crippen molar-refractivity contribution in [1.82, 2.24) is 4.57 Å². The van der Waals surface area contributed by atoms with E-state index in [4.69, 9.17) is 4.43 Å². The molecule has 0 aliphatic heterocycles. The SMILES string of the molecule is CCO[Si](C)(C)c1cccn1C. The van der Waals surface area contributed by atoms with E-state index in [1.54, 1.807) is 0 Å². The standard InChI is InChI=1S/C9H17NOSi/c1-5-11-12(3,4)9-7-6-8-10(9)2/h6-8H,5H2,1-4H3. The Morgan fingerprint density at radius 3 is 2.58 bits per heavy atom. The maximum absolute atomic E-state index is 5.77. The van der Waals surface area contributed by atoms with Crippen molar-refractivity contribution in [3.8, 4) is 0 Å². The van der Waals surface area contributed by atoms with Gasteiger partial charge in [0.05, 0.1) is 0 Å². The largest absolute Gasteiger partial charge is 0.412 e. The van der Waals surface area contributed by atoms with E-state index in [1.807, 2.05) is 0 Å². The molecule has 1 aromatic heterocycles. The molecule has 1 aromatic rings. The first kappa shape index (κ1) is 9.54. The summed E-state index contributed by atoms with van der Waals surface area (Å²) in [6.45, 7) is 7.32. The lowest BCUT2D eigenvalue weighted by atomic mass is 10.7. The minimum atomic E-state index is -1.61. The second kappa shape index (κ2) is 3.45. The zero-order chi connectivity index (χ0) is 9.19. The molecular formula is C9H17NOSi. The summed E-state index contributed by atoms with van der Waals surface area (Å²) in [7, 11) is 0.464. The van der Waals surface area contributed by atoms with Crippen LogP contribution in [0.4, 0.5) is 0 Å². The van der Waals surface area contributed by atoms with Crippen LogP contribution in [-0.4, -0.2) is 19.5 Å². The molecule has 0 spiro atoms. The Bertz CT molecular complexity index is 255. The lowest BCUT2D eigenvalue weighted by Gasteiger charge is -2.22. The van der Waals surface area contributed by atoms with Gasteiger partial charge in [-0.05, 0) is 32.2 Å². The fourth-order valence-corrected chi connectivity index (χ4v) is 3.81. The molecule has 0 aromatic carbocycles. The Morgan fingerprint density at radius 1 is 1.50 bits per heavy atom. The predicted molar refractivity (Wildman–Crippen MR) is 54.2 cm³/mol. The molecule has 2 nitrogen and oxygen atoms in total. The van der Waals surface area contributed by atoms with Gasteiger partial charge < -0.3 is 8.99 Å². The number of aromatic nitrogens is 1. The first-order chi connectivity index (χ1) is 5.58. The summed E-state index contributed by atoms with van der Waals surface area (Å²) in [6, 6.07) is 4.23.